The van der Waals surface area contributed by atoms with E-state index in [0.29, 0.717) is 22.8 Å². The van der Waals surface area contributed by atoms with E-state index in [-0.39, 0.29) is 23.1 Å². The van der Waals surface area contributed by atoms with Gasteiger partial charge in [0.25, 0.3) is 5.76 Å². The van der Waals surface area contributed by atoms with Crippen LogP contribution < -0.4 is 5.32 Å². The third kappa shape index (κ3) is 3.56. The van der Waals surface area contributed by atoms with Crippen LogP contribution in [0.25, 0.3) is 11.0 Å². The number of para-hydroxylation sites is 2. The number of hydrogen-bond acceptors (Lipinski definition) is 3. The van der Waals surface area contributed by atoms with Gasteiger partial charge < -0.3 is 9.88 Å². The number of rotatable bonds is 6. The van der Waals surface area contributed by atoms with Gasteiger partial charge in [-0.05, 0) is 48.7 Å². The lowest BCUT2D eigenvalue weighted by atomic mass is 9.72. The fourth-order valence-corrected chi connectivity index (χ4v) is 4.20. The Labute approximate surface area is 160 Å². The summed E-state index contributed by atoms with van der Waals surface area (Å²) in [4.78, 5) is 17.1. The second-order valence-electron chi connectivity index (χ2n) is 6.70. The van der Waals surface area contributed by atoms with E-state index in [1.807, 2.05) is 36.4 Å². The topological polar surface area (TPSA) is 46.9 Å². The van der Waals surface area contributed by atoms with Gasteiger partial charge in [-0.15, -0.1) is 0 Å². The molecule has 1 fully saturated rings. The van der Waals surface area contributed by atoms with Crippen LogP contribution in [0.4, 0.5) is 8.78 Å². The molecule has 7 heteroatoms. The fraction of sp³-hybridized carbons (Fsp3) is 0.300. The van der Waals surface area contributed by atoms with Gasteiger partial charge in [-0.2, -0.15) is 8.78 Å². The van der Waals surface area contributed by atoms with Gasteiger partial charge >= 0.3 is 0 Å². The van der Waals surface area contributed by atoms with Crippen molar-refractivity contribution in [3.8, 4) is 0 Å². The Hall–Kier alpha value is -2.41. The highest BCUT2D eigenvalue weighted by atomic mass is 32.2. The molecule has 1 aromatic heterocycles. The molecule has 0 aliphatic heterocycles. The number of halogens is 2. The van der Waals surface area contributed by atoms with E-state index in [9.17, 15) is 13.6 Å². The summed E-state index contributed by atoms with van der Waals surface area (Å²) in [7, 11) is 0. The van der Waals surface area contributed by atoms with Crippen molar-refractivity contribution in [1.82, 2.24) is 14.9 Å². The standard InChI is InChI=1S/C20H19F2N3OS/c21-18(22)27-19-23-15-9-4-5-10-16(15)25(19)13-17(26)24-20(11-6-12-20)14-7-2-1-3-8-14/h1-5,7-10,18H,6,11-13H2,(H,24,26). The number of aromatic nitrogens is 2. The summed E-state index contributed by atoms with van der Waals surface area (Å²) in [5.74, 6) is -2.79. The van der Waals surface area contributed by atoms with Gasteiger partial charge in [0.15, 0.2) is 5.16 Å². The summed E-state index contributed by atoms with van der Waals surface area (Å²) >= 11 is 0.365. The Balaban J connectivity index is 1.59. The lowest BCUT2D eigenvalue weighted by molar-refractivity contribution is -0.125. The zero-order chi connectivity index (χ0) is 18.9. The third-order valence-corrected chi connectivity index (χ3v) is 5.73. The molecule has 1 N–H and O–H groups in total. The first-order chi connectivity index (χ1) is 13.1. The highest BCUT2D eigenvalue weighted by Crippen LogP contribution is 2.41. The van der Waals surface area contributed by atoms with E-state index in [1.165, 1.54) is 0 Å². The smallest absolute Gasteiger partial charge is 0.291 e. The van der Waals surface area contributed by atoms with Crippen LogP contribution in [0.1, 0.15) is 24.8 Å². The van der Waals surface area contributed by atoms with Gasteiger partial charge in [0.05, 0.1) is 16.6 Å². The molecule has 27 heavy (non-hydrogen) atoms. The number of fused-ring (bicyclic) bond motifs is 1. The van der Waals surface area contributed by atoms with E-state index in [0.717, 1.165) is 24.8 Å². The predicted molar refractivity (Wildman–Crippen MR) is 102 cm³/mol. The largest absolute Gasteiger partial charge is 0.345 e. The number of nitrogens with one attached hydrogen (secondary N) is 1. The number of imidazole rings is 1. The van der Waals surface area contributed by atoms with Crippen molar-refractivity contribution >= 4 is 28.7 Å². The highest BCUT2D eigenvalue weighted by molar-refractivity contribution is 7.99. The average molecular weight is 387 g/mol. The van der Waals surface area contributed by atoms with Crippen molar-refractivity contribution in [2.24, 2.45) is 0 Å². The number of carbonyl (C=O) groups excluding carboxylic acids is 1. The molecular formula is C20H19F2N3OS. The van der Waals surface area contributed by atoms with Gasteiger partial charge in [0.2, 0.25) is 5.91 Å². The fourth-order valence-electron chi connectivity index (χ4n) is 3.60. The monoisotopic (exact) mass is 387 g/mol. The van der Waals surface area contributed by atoms with Crippen molar-refractivity contribution < 1.29 is 13.6 Å². The summed E-state index contributed by atoms with van der Waals surface area (Å²) in [6, 6.07) is 17.1. The van der Waals surface area contributed by atoms with Crippen molar-refractivity contribution in [2.75, 3.05) is 0 Å². The number of amides is 1. The number of benzene rings is 2. The van der Waals surface area contributed by atoms with Gasteiger partial charge in [0, 0.05) is 0 Å². The van der Waals surface area contributed by atoms with E-state index < -0.39 is 5.76 Å². The van der Waals surface area contributed by atoms with Crippen LogP contribution in [-0.2, 0) is 16.9 Å². The van der Waals surface area contributed by atoms with Crippen LogP contribution in [0.5, 0.6) is 0 Å². The minimum absolute atomic E-state index is 0.0375. The molecule has 0 radical (unpaired) electrons. The van der Waals surface area contributed by atoms with Crippen molar-refractivity contribution in [2.45, 2.75) is 42.3 Å². The zero-order valence-electron chi connectivity index (χ0n) is 14.6. The number of carbonyl (C=O) groups is 1. The molecule has 0 atom stereocenters. The van der Waals surface area contributed by atoms with Crippen molar-refractivity contribution in [1.29, 1.82) is 0 Å². The van der Waals surface area contributed by atoms with E-state index >= 15 is 0 Å². The average Bonchev–Trinajstić information content (AvgIpc) is 2.95. The summed E-state index contributed by atoms with van der Waals surface area (Å²) in [6.45, 7) is -0.0375. The molecule has 0 bridgehead atoms. The Morgan fingerprint density at radius 3 is 2.52 bits per heavy atom. The molecule has 1 amide bonds. The molecular weight excluding hydrogens is 368 g/mol. The lowest BCUT2D eigenvalue weighted by Gasteiger charge is -2.43. The van der Waals surface area contributed by atoms with Gasteiger partial charge in [-0.25, -0.2) is 4.98 Å². The molecule has 0 spiro atoms. The Kier molecular flexibility index (Phi) is 4.86. The van der Waals surface area contributed by atoms with E-state index in [4.69, 9.17) is 0 Å². The molecule has 140 valence electrons. The predicted octanol–water partition coefficient (Wildman–Crippen LogP) is 4.55. The molecule has 4 nitrogen and oxygen atoms in total. The Morgan fingerprint density at radius 1 is 1.15 bits per heavy atom. The van der Waals surface area contributed by atoms with Crippen molar-refractivity contribution in [3.63, 3.8) is 0 Å². The maximum atomic E-state index is 12.9. The maximum Gasteiger partial charge on any atom is 0.291 e. The van der Waals surface area contributed by atoms with Crippen LogP contribution in [-0.4, -0.2) is 21.2 Å². The van der Waals surface area contributed by atoms with Crippen LogP contribution in [0.15, 0.2) is 59.8 Å². The molecule has 3 aromatic rings. The molecule has 1 heterocycles. The second-order valence-corrected chi connectivity index (χ2v) is 7.65. The molecule has 1 saturated carbocycles. The van der Waals surface area contributed by atoms with Crippen LogP contribution in [0.3, 0.4) is 0 Å². The summed E-state index contributed by atoms with van der Waals surface area (Å²) in [6.07, 6.45) is 2.81. The third-order valence-electron chi connectivity index (χ3n) is 5.03. The minimum Gasteiger partial charge on any atom is -0.345 e. The Bertz CT molecular complexity index is 954. The zero-order valence-corrected chi connectivity index (χ0v) is 15.4. The summed E-state index contributed by atoms with van der Waals surface area (Å²) in [5, 5.41) is 3.30. The Morgan fingerprint density at radius 2 is 1.85 bits per heavy atom. The first kappa shape index (κ1) is 18.0. The molecule has 1 aliphatic rings. The molecule has 4 rings (SSSR count). The molecule has 1 aliphatic carbocycles. The number of thioether (sulfide) groups is 1. The molecule has 0 saturated heterocycles. The summed E-state index contributed by atoms with van der Waals surface area (Å²) < 4.78 is 27.4. The second kappa shape index (κ2) is 7.31. The van der Waals surface area contributed by atoms with E-state index in [2.05, 4.69) is 10.3 Å². The number of nitrogens with zero attached hydrogens (tertiary/aromatic N) is 2. The van der Waals surface area contributed by atoms with E-state index in [1.54, 1.807) is 22.8 Å². The summed E-state index contributed by atoms with van der Waals surface area (Å²) in [5.41, 5.74) is 2.01. The quantitative estimate of drug-likeness (QED) is 0.632. The minimum atomic E-state index is -2.59. The van der Waals surface area contributed by atoms with Crippen LogP contribution >= 0.6 is 11.8 Å². The molecule has 0 unspecified atom stereocenters. The first-order valence-corrected chi connectivity index (χ1v) is 9.72. The lowest BCUT2D eigenvalue weighted by Crippen LogP contribution is -2.51. The van der Waals surface area contributed by atoms with Crippen LogP contribution in [0.2, 0.25) is 0 Å². The molecule has 2 aromatic carbocycles. The SMILES string of the molecule is O=C(Cn1c(SC(F)F)nc2ccccc21)NC1(c2ccccc2)CCC1. The first-order valence-electron chi connectivity index (χ1n) is 8.84. The van der Waals surface area contributed by atoms with Crippen molar-refractivity contribution in [3.05, 3.63) is 60.2 Å². The highest BCUT2D eigenvalue weighted by Gasteiger charge is 2.39. The van der Waals surface area contributed by atoms with Gasteiger partial charge in [0.1, 0.15) is 6.54 Å². The number of alkyl halides is 2. The van der Waals surface area contributed by atoms with Gasteiger partial charge in [-0.3, -0.25) is 4.79 Å². The normalized spacial score (nSPS) is 15.7. The maximum absolute atomic E-state index is 12.9. The van der Waals surface area contributed by atoms with Gasteiger partial charge in [-0.1, -0.05) is 42.5 Å². The number of hydrogen-bond donors (Lipinski definition) is 1. The van der Waals surface area contributed by atoms with Crippen LogP contribution in [0, 0.1) is 0 Å².